The fourth-order valence-corrected chi connectivity index (χ4v) is 5.17. The van der Waals surface area contributed by atoms with Crippen LogP contribution in [0.5, 0.6) is 11.5 Å². The first-order valence-corrected chi connectivity index (χ1v) is 14.1. The van der Waals surface area contributed by atoms with Gasteiger partial charge >= 0.3 is 0 Å². The van der Waals surface area contributed by atoms with Crippen molar-refractivity contribution in [2.24, 2.45) is 5.92 Å². The van der Waals surface area contributed by atoms with Gasteiger partial charge in [0.15, 0.2) is 11.5 Å². The summed E-state index contributed by atoms with van der Waals surface area (Å²) in [4.78, 5) is 30.2. The van der Waals surface area contributed by atoms with Crippen molar-refractivity contribution in [1.29, 1.82) is 0 Å². The number of nitrogens with zero attached hydrogens (tertiary/aromatic N) is 2. The first-order valence-electron chi connectivity index (χ1n) is 13.7. The van der Waals surface area contributed by atoms with Gasteiger partial charge in [0.25, 0.3) is 5.91 Å². The van der Waals surface area contributed by atoms with Crippen molar-refractivity contribution < 1.29 is 19.4 Å². The Hall–Kier alpha value is -3.55. The van der Waals surface area contributed by atoms with Gasteiger partial charge < -0.3 is 20.1 Å². The van der Waals surface area contributed by atoms with E-state index in [1.165, 1.54) is 0 Å². The van der Waals surface area contributed by atoms with Crippen LogP contribution in [0.4, 0.5) is 0 Å². The van der Waals surface area contributed by atoms with Gasteiger partial charge in [-0.15, -0.1) is 0 Å². The second-order valence-corrected chi connectivity index (χ2v) is 11.1. The number of likely N-dealkylation sites (tertiary alicyclic amines) is 1. The van der Waals surface area contributed by atoms with Gasteiger partial charge in [0.05, 0.1) is 7.11 Å². The molecule has 40 heavy (non-hydrogen) atoms. The molecule has 1 fully saturated rings. The lowest BCUT2D eigenvalue weighted by molar-refractivity contribution is -0.138. The number of carbonyl (C=O) groups is 2. The Bertz CT molecular complexity index is 1290. The first kappa shape index (κ1) is 29.4. The Morgan fingerprint density at radius 1 is 1.00 bits per heavy atom. The summed E-state index contributed by atoms with van der Waals surface area (Å²) in [6.07, 6.45) is 1.76. The number of rotatable bonds is 10. The number of carbonyl (C=O) groups excluding carboxylic acids is 2. The van der Waals surface area contributed by atoms with Gasteiger partial charge in [0.1, 0.15) is 0 Å². The fourth-order valence-electron chi connectivity index (χ4n) is 5.04. The molecule has 4 rings (SSSR count). The van der Waals surface area contributed by atoms with E-state index in [0.29, 0.717) is 29.4 Å². The highest BCUT2D eigenvalue weighted by Crippen LogP contribution is 2.28. The number of hydrogen-bond acceptors (Lipinski definition) is 5. The molecule has 0 bridgehead atoms. The van der Waals surface area contributed by atoms with E-state index in [1.807, 2.05) is 61.2 Å². The summed E-state index contributed by atoms with van der Waals surface area (Å²) in [5.41, 5.74) is 3.59. The van der Waals surface area contributed by atoms with Crippen LogP contribution in [-0.4, -0.2) is 53.0 Å². The molecular weight excluding hydrogens is 526 g/mol. The predicted octanol–water partition coefficient (Wildman–Crippen LogP) is 5.63. The van der Waals surface area contributed by atoms with Crippen LogP contribution in [-0.2, 0) is 24.4 Å². The third kappa shape index (κ3) is 7.77. The summed E-state index contributed by atoms with van der Waals surface area (Å²) in [5.74, 6) is 0.515. The van der Waals surface area contributed by atoms with Crippen molar-refractivity contribution in [3.05, 3.63) is 94.0 Å². The normalized spacial score (nSPS) is 14.2. The second-order valence-electron chi connectivity index (χ2n) is 10.6. The Labute approximate surface area is 241 Å². The maximum Gasteiger partial charge on any atom is 0.251 e. The van der Waals surface area contributed by atoms with Crippen LogP contribution in [0.15, 0.2) is 66.7 Å². The van der Waals surface area contributed by atoms with E-state index in [9.17, 15) is 14.7 Å². The zero-order valence-electron chi connectivity index (χ0n) is 23.4. The third-order valence-electron chi connectivity index (χ3n) is 7.36. The minimum Gasteiger partial charge on any atom is -0.504 e. The summed E-state index contributed by atoms with van der Waals surface area (Å²) in [5, 5.41) is 13.7. The number of halogens is 1. The number of piperidine rings is 1. The molecule has 0 aromatic heterocycles. The van der Waals surface area contributed by atoms with Crippen LogP contribution in [0.1, 0.15) is 53.7 Å². The molecular formula is C32H38ClN3O4. The number of nitrogens with one attached hydrogen (secondary N) is 1. The second kappa shape index (κ2) is 13.7. The Kier molecular flexibility index (Phi) is 10.1. The van der Waals surface area contributed by atoms with E-state index in [2.05, 4.69) is 10.2 Å². The molecule has 2 amide bonds. The molecule has 0 aliphatic carbocycles. The molecule has 2 N–H and O–H groups in total. The van der Waals surface area contributed by atoms with E-state index in [4.69, 9.17) is 16.3 Å². The highest BCUT2D eigenvalue weighted by atomic mass is 35.5. The number of methoxy groups -OCH3 is 1. The Morgan fingerprint density at radius 3 is 2.23 bits per heavy atom. The number of phenols is 1. The molecule has 8 heteroatoms. The molecule has 3 aromatic rings. The maximum atomic E-state index is 13.2. The number of phenolic OH excluding ortho intramolecular Hbond substituents is 1. The molecule has 1 heterocycles. The molecule has 1 saturated heterocycles. The van der Waals surface area contributed by atoms with Crippen LogP contribution in [0.25, 0.3) is 0 Å². The van der Waals surface area contributed by atoms with Crippen molar-refractivity contribution >= 4 is 23.4 Å². The Balaban J connectivity index is 1.34. The summed E-state index contributed by atoms with van der Waals surface area (Å²) in [6.45, 7) is 7.29. The monoisotopic (exact) mass is 563 g/mol. The number of benzene rings is 3. The van der Waals surface area contributed by atoms with Crippen LogP contribution >= 0.6 is 11.6 Å². The smallest absolute Gasteiger partial charge is 0.251 e. The van der Waals surface area contributed by atoms with Gasteiger partial charge in [-0.3, -0.25) is 14.5 Å². The molecule has 0 saturated carbocycles. The van der Waals surface area contributed by atoms with Crippen LogP contribution in [0, 0.1) is 5.92 Å². The molecule has 0 unspecified atom stereocenters. The lowest BCUT2D eigenvalue weighted by atomic mass is 9.99. The fraction of sp³-hybridized carbons (Fsp3) is 0.375. The van der Waals surface area contributed by atoms with Crippen molar-refractivity contribution in [2.45, 2.75) is 52.4 Å². The standard InChI is InChI=1S/C32H38ClN3O4/c1-22(2)32(39)36(28-14-16-35(17-15-28)20-25-8-13-30(40-3)29(37)18-25)21-24-4-9-26(10-5-24)31(38)34-19-23-6-11-27(33)12-7-23/h4-13,18,22,28,37H,14-17,19-21H2,1-3H3,(H,34,38). The predicted molar refractivity (Wildman–Crippen MR) is 157 cm³/mol. The minimum absolute atomic E-state index is 0.0989. The lowest BCUT2D eigenvalue weighted by Gasteiger charge is -2.39. The average molecular weight is 564 g/mol. The largest absolute Gasteiger partial charge is 0.504 e. The Morgan fingerprint density at radius 2 is 1.62 bits per heavy atom. The highest BCUT2D eigenvalue weighted by molar-refractivity contribution is 6.30. The van der Waals surface area contributed by atoms with Gasteiger partial charge in [0.2, 0.25) is 5.91 Å². The van der Waals surface area contributed by atoms with Crippen LogP contribution in [0.3, 0.4) is 0 Å². The molecule has 212 valence electrons. The molecule has 1 aliphatic heterocycles. The van der Waals surface area contributed by atoms with Crippen LogP contribution < -0.4 is 10.1 Å². The van der Waals surface area contributed by atoms with Crippen molar-refractivity contribution in [2.75, 3.05) is 20.2 Å². The summed E-state index contributed by atoms with van der Waals surface area (Å²) in [6, 6.07) is 20.5. The first-order chi connectivity index (χ1) is 19.2. The van der Waals surface area contributed by atoms with E-state index in [1.54, 1.807) is 31.4 Å². The van der Waals surface area contributed by atoms with E-state index >= 15 is 0 Å². The molecule has 7 nitrogen and oxygen atoms in total. The van der Waals surface area contributed by atoms with Gasteiger partial charge in [-0.05, 0) is 65.9 Å². The van der Waals surface area contributed by atoms with Crippen LogP contribution in [0.2, 0.25) is 5.02 Å². The third-order valence-corrected chi connectivity index (χ3v) is 7.61. The van der Waals surface area contributed by atoms with Crippen molar-refractivity contribution in [3.8, 4) is 11.5 Å². The molecule has 3 aromatic carbocycles. The zero-order valence-corrected chi connectivity index (χ0v) is 24.2. The number of aromatic hydroxyl groups is 1. The quantitative estimate of drug-likeness (QED) is 0.334. The van der Waals surface area contributed by atoms with Gasteiger partial charge in [-0.25, -0.2) is 0 Å². The number of ether oxygens (including phenoxy) is 1. The van der Waals surface area contributed by atoms with E-state index < -0.39 is 0 Å². The number of hydrogen-bond donors (Lipinski definition) is 2. The highest BCUT2D eigenvalue weighted by Gasteiger charge is 2.29. The minimum atomic E-state index is -0.144. The van der Waals surface area contributed by atoms with Crippen molar-refractivity contribution in [3.63, 3.8) is 0 Å². The van der Waals surface area contributed by atoms with Gasteiger partial charge in [-0.2, -0.15) is 0 Å². The SMILES string of the molecule is COc1ccc(CN2CCC(N(Cc3ccc(C(=O)NCc4ccc(Cl)cc4)cc3)C(=O)C(C)C)CC2)cc1O. The average Bonchev–Trinajstić information content (AvgIpc) is 2.96. The molecule has 0 spiro atoms. The van der Waals surface area contributed by atoms with E-state index in [0.717, 1.165) is 49.2 Å². The van der Waals surface area contributed by atoms with Crippen molar-refractivity contribution in [1.82, 2.24) is 15.1 Å². The number of amides is 2. The molecule has 1 aliphatic rings. The lowest BCUT2D eigenvalue weighted by Crippen LogP contribution is -2.48. The van der Waals surface area contributed by atoms with Gasteiger partial charge in [0, 0.05) is 55.3 Å². The summed E-state index contributed by atoms with van der Waals surface area (Å²) in [7, 11) is 1.54. The molecule has 0 radical (unpaired) electrons. The van der Waals surface area contributed by atoms with Gasteiger partial charge in [-0.1, -0.05) is 55.8 Å². The van der Waals surface area contributed by atoms with E-state index in [-0.39, 0.29) is 29.5 Å². The summed E-state index contributed by atoms with van der Waals surface area (Å²) >= 11 is 5.93. The summed E-state index contributed by atoms with van der Waals surface area (Å²) < 4.78 is 5.15. The topological polar surface area (TPSA) is 82.1 Å². The maximum absolute atomic E-state index is 13.2. The molecule has 0 atom stereocenters. The zero-order chi connectivity index (χ0) is 28.6.